The lowest BCUT2D eigenvalue weighted by atomic mass is 10.6. The highest BCUT2D eigenvalue weighted by Crippen LogP contribution is 2.12. The van der Waals surface area contributed by atoms with Crippen molar-refractivity contribution >= 4 is 18.3 Å². The Morgan fingerprint density at radius 2 is 2.17 bits per heavy atom. The smallest absolute Gasteiger partial charge is 0.239 e. The van der Waals surface area contributed by atoms with Crippen LogP contribution in [0.5, 0.6) is 0 Å². The molecule has 64 valence electrons. The number of hydrazone groups is 1. The molecule has 6 N–H and O–H groups in total. The lowest BCUT2D eigenvalue weighted by Crippen LogP contribution is -2.50. The zero-order valence-electron chi connectivity index (χ0n) is 6.12. The Bertz CT molecular complexity index is 289. The summed E-state index contributed by atoms with van der Waals surface area (Å²) in [5, 5.41) is 6.50. The topological polar surface area (TPSA) is 122 Å². The quantitative estimate of drug-likeness (QED) is 0.341. The SMILES string of the molecule is NC1=NC2N(N)C=NN2C(N)=N1. The maximum atomic E-state index is 5.49. The van der Waals surface area contributed by atoms with E-state index in [9.17, 15) is 0 Å². The number of hydrazine groups is 1. The van der Waals surface area contributed by atoms with Crippen LogP contribution in [0.3, 0.4) is 0 Å². The molecule has 0 aromatic carbocycles. The average molecular weight is 168 g/mol. The van der Waals surface area contributed by atoms with Gasteiger partial charge in [-0.2, -0.15) is 15.1 Å². The van der Waals surface area contributed by atoms with Gasteiger partial charge in [0.05, 0.1) is 0 Å². The molecule has 12 heavy (non-hydrogen) atoms. The summed E-state index contributed by atoms with van der Waals surface area (Å²) in [4.78, 5) is 7.62. The second kappa shape index (κ2) is 2.08. The molecular weight excluding hydrogens is 160 g/mol. The molecule has 8 heteroatoms. The second-order valence-corrected chi connectivity index (χ2v) is 2.33. The van der Waals surface area contributed by atoms with Crippen molar-refractivity contribution in [1.29, 1.82) is 0 Å². The summed E-state index contributed by atoms with van der Waals surface area (Å²) >= 11 is 0. The van der Waals surface area contributed by atoms with Gasteiger partial charge in [-0.3, -0.25) is 5.01 Å². The highest BCUT2D eigenvalue weighted by atomic mass is 15.7. The van der Waals surface area contributed by atoms with Crippen molar-refractivity contribution < 1.29 is 0 Å². The van der Waals surface area contributed by atoms with Gasteiger partial charge in [0.2, 0.25) is 18.2 Å². The third kappa shape index (κ3) is 0.782. The molecular formula is C4H8N8. The van der Waals surface area contributed by atoms with Crippen LogP contribution < -0.4 is 17.3 Å². The first-order valence-electron chi connectivity index (χ1n) is 3.22. The Labute approximate surface area is 68.0 Å². The summed E-state index contributed by atoms with van der Waals surface area (Å²) in [7, 11) is 0. The molecule has 2 rings (SSSR count). The minimum atomic E-state index is -0.484. The van der Waals surface area contributed by atoms with Gasteiger partial charge in [0.15, 0.2) is 0 Å². The van der Waals surface area contributed by atoms with Gasteiger partial charge in [0.25, 0.3) is 0 Å². The van der Waals surface area contributed by atoms with Crippen molar-refractivity contribution in [2.45, 2.75) is 6.29 Å². The first-order valence-corrected chi connectivity index (χ1v) is 3.22. The number of nitrogens with zero attached hydrogens (tertiary/aromatic N) is 5. The van der Waals surface area contributed by atoms with E-state index in [-0.39, 0.29) is 11.9 Å². The molecule has 0 bridgehead atoms. The Kier molecular flexibility index (Phi) is 1.19. The van der Waals surface area contributed by atoms with E-state index in [4.69, 9.17) is 17.3 Å². The molecule has 0 aromatic heterocycles. The molecule has 1 atom stereocenters. The normalized spacial score (nSPS) is 26.9. The average Bonchev–Trinajstić information content (AvgIpc) is 2.33. The van der Waals surface area contributed by atoms with E-state index in [2.05, 4.69) is 15.1 Å². The van der Waals surface area contributed by atoms with Crippen LogP contribution >= 0.6 is 0 Å². The fraction of sp³-hybridized carbons (Fsp3) is 0.250. The van der Waals surface area contributed by atoms with Gasteiger partial charge >= 0.3 is 0 Å². The third-order valence-corrected chi connectivity index (χ3v) is 1.51. The summed E-state index contributed by atoms with van der Waals surface area (Å²) in [6, 6.07) is 0. The molecule has 0 aromatic rings. The van der Waals surface area contributed by atoms with Crippen LogP contribution in [-0.2, 0) is 0 Å². The van der Waals surface area contributed by atoms with E-state index in [1.807, 2.05) is 0 Å². The van der Waals surface area contributed by atoms with Crippen molar-refractivity contribution in [1.82, 2.24) is 10.0 Å². The first kappa shape index (κ1) is 6.85. The number of nitrogens with two attached hydrogens (primary N) is 3. The fourth-order valence-electron chi connectivity index (χ4n) is 0.975. The molecule has 2 aliphatic heterocycles. The van der Waals surface area contributed by atoms with Crippen LogP contribution in [0, 0.1) is 0 Å². The van der Waals surface area contributed by atoms with E-state index < -0.39 is 6.29 Å². The highest BCUT2D eigenvalue weighted by molar-refractivity contribution is 5.95. The van der Waals surface area contributed by atoms with Crippen molar-refractivity contribution in [3.8, 4) is 0 Å². The molecule has 0 saturated carbocycles. The van der Waals surface area contributed by atoms with Crippen molar-refractivity contribution in [3.05, 3.63) is 0 Å². The molecule has 0 amide bonds. The number of fused-ring (bicyclic) bond motifs is 1. The van der Waals surface area contributed by atoms with Gasteiger partial charge < -0.3 is 11.5 Å². The first-order chi connectivity index (χ1) is 5.68. The zero-order valence-corrected chi connectivity index (χ0v) is 6.12. The van der Waals surface area contributed by atoms with Crippen LogP contribution in [0.15, 0.2) is 15.1 Å². The number of hydrogen-bond acceptors (Lipinski definition) is 8. The Balaban J connectivity index is 2.34. The van der Waals surface area contributed by atoms with Gasteiger partial charge in [0.1, 0.15) is 6.34 Å². The largest absolute Gasteiger partial charge is 0.368 e. The third-order valence-electron chi connectivity index (χ3n) is 1.51. The monoisotopic (exact) mass is 168 g/mol. The van der Waals surface area contributed by atoms with Crippen LogP contribution in [0.4, 0.5) is 0 Å². The molecule has 0 saturated heterocycles. The maximum Gasteiger partial charge on any atom is 0.239 e. The van der Waals surface area contributed by atoms with Crippen LogP contribution in [-0.4, -0.2) is 34.6 Å². The van der Waals surface area contributed by atoms with Crippen LogP contribution in [0.2, 0.25) is 0 Å². The summed E-state index contributed by atoms with van der Waals surface area (Å²) in [6.07, 6.45) is 0.914. The van der Waals surface area contributed by atoms with Crippen molar-refractivity contribution in [2.24, 2.45) is 32.4 Å². The molecule has 2 aliphatic rings. The predicted molar refractivity (Wildman–Crippen MR) is 43.4 cm³/mol. The van der Waals surface area contributed by atoms with Gasteiger partial charge in [-0.1, -0.05) is 0 Å². The molecule has 1 unspecified atom stereocenters. The maximum absolute atomic E-state index is 5.49. The second-order valence-electron chi connectivity index (χ2n) is 2.33. The van der Waals surface area contributed by atoms with Gasteiger partial charge in [-0.15, -0.1) is 0 Å². The number of guanidine groups is 2. The summed E-state index contributed by atoms with van der Waals surface area (Å²) < 4.78 is 0. The minimum Gasteiger partial charge on any atom is -0.368 e. The van der Waals surface area contributed by atoms with Gasteiger partial charge in [-0.05, 0) is 0 Å². The van der Waals surface area contributed by atoms with Crippen molar-refractivity contribution in [2.75, 3.05) is 0 Å². The molecule has 0 aliphatic carbocycles. The van der Waals surface area contributed by atoms with Crippen LogP contribution in [0.25, 0.3) is 0 Å². The van der Waals surface area contributed by atoms with E-state index >= 15 is 0 Å². The van der Waals surface area contributed by atoms with E-state index in [1.165, 1.54) is 16.4 Å². The Morgan fingerprint density at radius 3 is 2.92 bits per heavy atom. The lowest BCUT2D eigenvalue weighted by Gasteiger charge is -2.25. The Morgan fingerprint density at radius 1 is 1.42 bits per heavy atom. The molecule has 2 heterocycles. The fourth-order valence-corrected chi connectivity index (χ4v) is 0.975. The highest BCUT2D eigenvalue weighted by Gasteiger charge is 2.31. The number of rotatable bonds is 0. The predicted octanol–water partition coefficient (Wildman–Crippen LogP) is -2.65. The zero-order chi connectivity index (χ0) is 8.72. The molecule has 0 fully saturated rings. The van der Waals surface area contributed by atoms with Gasteiger partial charge in [0, 0.05) is 0 Å². The summed E-state index contributed by atoms with van der Waals surface area (Å²) in [5.74, 6) is 5.78. The van der Waals surface area contributed by atoms with Crippen molar-refractivity contribution in [3.63, 3.8) is 0 Å². The summed E-state index contributed by atoms with van der Waals surface area (Å²) in [5.41, 5.74) is 10.9. The van der Waals surface area contributed by atoms with E-state index in [1.54, 1.807) is 0 Å². The van der Waals surface area contributed by atoms with E-state index in [0.717, 1.165) is 0 Å². The minimum absolute atomic E-state index is 0.106. The Hall–Kier alpha value is -1.83. The van der Waals surface area contributed by atoms with Gasteiger partial charge in [-0.25, -0.2) is 10.8 Å². The number of aliphatic imine (C=N–C) groups is 2. The summed E-state index contributed by atoms with van der Waals surface area (Å²) in [6.45, 7) is 0. The lowest BCUT2D eigenvalue weighted by molar-refractivity contribution is 0.211. The molecule has 8 nitrogen and oxygen atoms in total. The molecule has 0 spiro atoms. The standard InChI is InChI=1S/C4H8N8/c5-2-9-3(6)12-4(10-2)11(7)1-8-12/h1,4H,7H2,(H4,5,6,9,10). The van der Waals surface area contributed by atoms with E-state index in [0.29, 0.717) is 0 Å². The molecule has 0 radical (unpaired) electrons. The number of hydrogen-bond donors (Lipinski definition) is 3. The van der Waals surface area contributed by atoms with Crippen LogP contribution in [0.1, 0.15) is 0 Å².